The van der Waals surface area contributed by atoms with Crippen molar-refractivity contribution in [3.63, 3.8) is 0 Å². The Kier molecular flexibility index (Phi) is 4.32. The molecule has 0 amide bonds. The minimum Gasteiger partial charge on any atom is -0.377 e. The number of ether oxygens (including phenoxy) is 1. The zero-order valence-electron chi connectivity index (χ0n) is 12.2. The molecule has 18 heavy (non-hydrogen) atoms. The van der Waals surface area contributed by atoms with E-state index >= 15 is 0 Å². The maximum atomic E-state index is 6.15. The van der Waals surface area contributed by atoms with Crippen LogP contribution in [0.3, 0.4) is 0 Å². The Hall–Kier alpha value is -0.160. The maximum absolute atomic E-state index is 6.15. The van der Waals surface area contributed by atoms with Crippen LogP contribution in [-0.4, -0.2) is 67.8 Å². The molecule has 0 aromatic heterocycles. The quantitative estimate of drug-likeness (QED) is 0.814. The van der Waals surface area contributed by atoms with E-state index in [1.54, 1.807) is 0 Å². The Labute approximate surface area is 111 Å². The van der Waals surface area contributed by atoms with Crippen LogP contribution in [0.1, 0.15) is 32.6 Å². The van der Waals surface area contributed by atoms with Gasteiger partial charge in [-0.2, -0.15) is 0 Å². The molecule has 0 aliphatic carbocycles. The van der Waals surface area contributed by atoms with Crippen molar-refractivity contribution in [2.24, 2.45) is 5.73 Å². The summed E-state index contributed by atoms with van der Waals surface area (Å²) in [4.78, 5) is 5.03. The van der Waals surface area contributed by atoms with E-state index in [4.69, 9.17) is 10.5 Å². The summed E-state index contributed by atoms with van der Waals surface area (Å²) in [5, 5.41) is 0. The molecule has 2 atom stereocenters. The van der Waals surface area contributed by atoms with Crippen LogP contribution in [0.5, 0.6) is 0 Å². The summed E-state index contributed by atoms with van der Waals surface area (Å²) in [6.45, 7) is 7.49. The molecule has 0 radical (unpaired) electrons. The number of nitrogens with zero attached hydrogens (tertiary/aromatic N) is 2. The largest absolute Gasteiger partial charge is 0.377 e. The Morgan fingerprint density at radius 2 is 1.89 bits per heavy atom. The summed E-state index contributed by atoms with van der Waals surface area (Å²) >= 11 is 0. The zero-order valence-corrected chi connectivity index (χ0v) is 12.2. The third kappa shape index (κ3) is 2.72. The van der Waals surface area contributed by atoms with E-state index in [-0.39, 0.29) is 11.1 Å². The van der Waals surface area contributed by atoms with E-state index in [2.05, 4.69) is 23.8 Å². The van der Waals surface area contributed by atoms with Crippen molar-refractivity contribution < 1.29 is 4.74 Å². The average molecular weight is 255 g/mol. The lowest BCUT2D eigenvalue weighted by Crippen LogP contribution is -2.66. The van der Waals surface area contributed by atoms with Crippen molar-refractivity contribution >= 4 is 0 Å². The number of nitrogens with two attached hydrogens (primary N) is 1. The van der Waals surface area contributed by atoms with Gasteiger partial charge in [-0.3, -0.25) is 4.90 Å². The number of likely N-dealkylation sites (N-methyl/N-ethyl adjacent to an activating group) is 1. The first-order chi connectivity index (χ1) is 8.53. The first-order valence-electron chi connectivity index (χ1n) is 7.22. The molecule has 2 unspecified atom stereocenters. The first-order valence-corrected chi connectivity index (χ1v) is 7.22. The summed E-state index contributed by atoms with van der Waals surface area (Å²) in [5.74, 6) is 0. The van der Waals surface area contributed by atoms with Gasteiger partial charge in [0.15, 0.2) is 0 Å². The summed E-state index contributed by atoms with van der Waals surface area (Å²) in [6, 6.07) is 0. The van der Waals surface area contributed by atoms with E-state index in [1.165, 1.54) is 32.4 Å². The Morgan fingerprint density at radius 3 is 2.50 bits per heavy atom. The van der Waals surface area contributed by atoms with Crippen LogP contribution in [0.4, 0.5) is 0 Å². The van der Waals surface area contributed by atoms with Crippen molar-refractivity contribution in [3.05, 3.63) is 0 Å². The van der Waals surface area contributed by atoms with Crippen LogP contribution >= 0.6 is 0 Å². The maximum Gasteiger partial charge on any atom is 0.0777 e. The summed E-state index contributed by atoms with van der Waals surface area (Å²) in [5.41, 5.74) is 6.34. The van der Waals surface area contributed by atoms with Crippen LogP contribution in [0.25, 0.3) is 0 Å². The molecule has 4 nitrogen and oxygen atoms in total. The smallest absolute Gasteiger partial charge is 0.0777 e. The molecule has 2 heterocycles. The number of hydrogen-bond donors (Lipinski definition) is 1. The van der Waals surface area contributed by atoms with Gasteiger partial charge in [-0.15, -0.1) is 0 Å². The number of methoxy groups -OCH3 is 1. The average Bonchev–Trinajstić information content (AvgIpc) is 2.38. The number of piperidine rings is 2. The fourth-order valence-electron chi connectivity index (χ4n) is 3.67. The molecule has 4 heteroatoms. The second-order valence-corrected chi connectivity index (χ2v) is 6.45. The molecule has 0 aromatic carbocycles. The fraction of sp³-hybridized carbons (Fsp3) is 1.00. The third-order valence-corrected chi connectivity index (χ3v) is 4.95. The van der Waals surface area contributed by atoms with Crippen LogP contribution in [-0.2, 0) is 4.74 Å². The molecule has 2 aliphatic rings. The van der Waals surface area contributed by atoms with Crippen LogP contribution in [0, 0.1) is 0 Å². The summed E-state index contributed by atoms with van der Waals surface area (Å²) in [7, 11) is 4.05. The molecule has 2 aliphatic heterocycles. The van der Waals surface area contributed by atoms with Crippen molar-refractivity contribution in [3.8, 4) is 0 Å². The Balaban J connectivity index is 2.11. The number of hydrogen-bond acceptors (Lipinski definition) is 4. The highest BCUT2D eigenvalue weighted by Gasteiger charge is 2.43. The summed E-state index contributed by atoms with van der Waals surface area (Å²) < 4.78 is 5.72. The van der Waals surface area contributed by atoms with Crippen molar-refractivity contribution in [1.82, 2.24) is 9.80 Å². The highest BCUT2D eigenvalue weighted by atomic mass is 16.5. The van der Waals surface area contributed by atoms with Gasteiger partial charge in [0, 0.05) is 32.3 Å². The molecule has 2 fully saturated rings. The van der Waals surface area contributed by atoms with E-state index in [9.17, 15) is 0 Å². The Morgan fingerprint density at radius 1 is 1.17 bits per heavy atom. The minimum atomic E-state index is 0.0104. The van der Waals surface area contributed by atoms with Gasteiger partial charge in [-0.25, -0.2) is 0 Å². The Bertz CT molecular complexity index is 286. The molecule has 106 valence electrons. The van der Waals surface area contributed by atoms with Crippen LogP contribution < -0.4 is 5.73 Å². The zero-order chi connectivity index (χ0) is 13.2. The van der Waals surface area contributed by atoms with Gasteiger partial charge >= 0.3 is 0 Å². The standard InChI is InChI=1S/C14H29N3O/c1-13(18-3)6-4-9-17(11-13)14(10-15)7-5-8-16(2)12-14/h4-12,15H2,1-3H3. The van der Waals surface area contributed by atoms with Crippen molar-refractivity contribution in [1.29, 1.82) is 0 Å². The van der Waals surface area contributed by atoms with Crippen LogP contribution in [0.2, 0.25) is 0 Å². The van der Waals surface area contributed by atoms with Gasteiger partial charge in [0.25, 0.3) is 0 Å². The predicted octanol–water partition coefficient (Wildman–Crippen LogP) is 0.910. The minimum absolute atomic E-state index is 0.0104. The fourth-order valence-corrected chi connectivity index (χ4v) is 3.67. The number of likely N-dealkylation sites (tertiary alicyclic amines) is 2. The first kappa shape index (κ1) is 14.3. The second-order valence-electron chi connectivity index (χ2n) is 6.45. The molecule has 0 bridgehead atoms. The van der Waals surface area contributed by atoms with Gasteiger partial charge in [-0.05, 0) is 52.7 Å². The van der Waals surface area contributed by atoms with Crippen LogP contribution in [0.15, 0.2) is 0 Å². The van der Waals surface area contributed by atoms with E-state index in [1.807, 2.05) is 7.11 Å². The van der Waals surface area contributed by atoms with Gasteiger partial charge in [0.2, 0.25) is 0 Å². The highest BCUT2D eigenvalue weighted by molar-refractivity contribution is 5.01. The SMILES string of the molecule is COC1(C)CCCN(C2(CN)CCCN(C)C2)C1. The van der Waals surface area contributed by atoms with Gasteiger partial charge in [-0.1, -0.05) is 0 Å². The molecule has 0 saturated carbocycles. The van der Waals surface area contributed by atoms with Gasteiger partial charge in [0.1, 0.15) is 0 Å². The predicted molar refractivity (Wildman–Crippen MR) is 74.7 cm³/mol. The topological polar surface area (TPSA) is 41.7 Å². The van der Waals surface area contributed by atoms with E-state index < -0.39 is 0 Å². The molecule has 2 N–H and O–H groups in total. The molecule has 0 spiro atoms. The lowest BCUT2D eigenvalue weighted by Gasteiger charge is -2.53. The molecule has 0 aromatic rings. The van der Waals surface area contributed by atoms with E-state index in [0.717, 1.165) is 26.1 Å². The number of rotatable bonds is 3. The third-order valence-electron chi connectivity index (χ3n) is 4.95. The monoisotopic (exact) mass is 255 g/mol. The van der Waals surface area contributed by atoms with E-state index in [0.29, 0.717) is 0 Å². The van der Waals surface area contributed by atoms with Gasteiger partial charge in [0.05, 0.1) is 5.60 Å². The van der Waals surface area contributed by atoms with Crippen molar-refractivity contribution in [2.45, 2.75) is 43.7 Å². The molecular formula is C14H29N3O. The second kappa shape index (κ2) is 5.45. The lowest BCUT2D eigenvalue weighted by molar-refractivity contribution is -0.0919. The highest BCUT2D eigenvalue weighted by Crippen LogP contribution is 2.33. The normalized spacial score (nSPS) is 40.0. The lowest BCUT2D eigenvalue weighted by atomic mass is 9.83. The molecule has 2 saturated heterocycles. The summed E-state index contributed by atoms with van der Waals surface area (Å²) in [6.07, 6.45) is 4.87. The molecule has 2 rings (SSSR count). The molecular weight excluding hydrogens is 226 g/mol. The van der Waals surface area contributed by atoms with Gasteiger partial charge < -0.3 is 15.4 Å². The van der Waals surface area contributed by atoms with Crippen molar-refractivity contribution in [2.75, 3.05) is 46.9 Å².